The van der Waals surface area contributed by atoms with Crippen LogP contribution in [0.3, 0.4) is 0 Å². The number of para-hydroxylation sites is 1. The fourth-order valence-corrected chi connectivity index (χ4v) is 2.61. The molecule has 0 radical (unpaired) electrons. The molecule has 3 nitrogen and oxygen atoms in total. The number of aromatic nitrogens is 2. The van der Waals surface area contributed by atoms with E-state index in [0.29, 0.717) is 0 Å². The highest BCUT2D eigenvalue weighted by atomic mass is 16.5. The first-order valence-corrected chi connectivity index (χ1v) is 5.70. The second kappa shape index (κ2) is 3.23. The Bertz CT molecular complexity index is 741. The van der Waals surface area contributed by atoms with Crippen LogP contribution in [0.2, 0.25) is 0 Å². The zero-order valence-electron chi connectivity index (χ0n) is 10.2. The summed E-state index contributed by atoms with van der Waals surface area (Å²) >= 11 is 0. The molecule has 0 bridgehead atoms. The second-order valence-electron chi connectivity index (χ2n) is 4.51. The van der Waals surface area contributed by atoms with Gasteiger partial charge in [-0.2, -0.15) is 4.73 Å². The maximum absolute atomic E-state index is 11.9. The van der Waals surface area contributed by atoms with Gasteiger partial charge in [0.05, 0.1) is 11.7 Å². The molecular formula is C14H14N2O. The van der Waals surface area contributed by atoms with Crippen LogP contribution in [-0.2, 0) is 0 Å². The highest BCUT2D eigenvalue weighted by Crippen LogP contribution is 2.26. The number of fused-ring (bicyclic) bond motifs is 3. The summed E-state index contributed by atoms with van der Waals surface area (Å²) in [6, 6.07) is 8.24. The third kappa shape index (κ3) is 1.19. The summed E-state index contributed by atoms with van der Waals surface area (Å²) in [7, 11) is 0. The van der Waals surface area contributed by atoms with Gasteiger partial charge in [-0.3, -0.25) is 0 Å². The van der Waals surface area contributed by atoms with Crippen LogP contribution in [-0.4, -0.2) is 4.40 Å². The van der Waals surface area contributed by atoms with Gasteiger partial charge in [0, 0.05) is 19.2 Å². The molecule has 2 heterocycles. The van der Waals surface area contributed by atoms with Crippen molar-refractivity contribution in [3.05, 3.63) is 52.6 Å². The van der Waals surface area contributed by atoms with Crippen molar-refractivity contribution in [2.75, 3.05) is 0 Å². The lowest BCUT2D eigenvalue weighted by atomic mass is 10.1. The highest BCUT2D eigenvalue weighted by Gasteiger charge is 2.16. The normalized spacial score (nSPS) is 11.5. The maximum atomic E-state index is 11.9. The molecule has 0 aliphatic heterocycles. The van der Waals surface area contributed by atoms with E-state index in [4.69, 9.17) is 0 Å². The molecule has 0 spiro atoms. The van der Waals surface area contributed by atoms with E-state index < -0.39 is 0 Å². The van der Waals surface area contributed by atoms with Crippen molar-refractivity contribution in [3.8, 4) is 0 Å². The standard InChI is InChI=1S/C14H14N2O/c1-9-8-15-13-7-5-4-6-12(13)10(2)14(15)11(3)16(9)17/h4-8H,1-3H3. The van der Waals surface area contributed by atoms with Crippen molar-refractivity contribution in [3.63, 3.8) is 0 Å². The van der Waals surface area contributed by atoms with Gasteiger partial charge in [-0.1, -0.05) is 18.2 Å². The largest absolute Gasteiger partial charge is 0.618 e. The minimum Gasteiger partial charge on any atom is -0.618 e. The molecule has 3 rings (SSSR count). The molecular weight excluding hydrogens is 212 g/mol. The van der Waals surface area contributed by atoms with E-state index in [0.717, 1.165) is 27.2 Å². The predicted octanol–water partition coefficient (Wildman–Crippen LogP) is 2.65. The number of nitrogens with zero attached hydrogens (tertiary/aromatic N) is 2. The van der Waals surface area contributed by atoms with Crippen LogP contribution in [0.1, 0.15) is 17.0 Å². The van der Waals surface area contributed by atoms with Crippen LogP contribution in [0.15, 0.2) is 30.5 Å². The summed E-state index contributed by atoms with van der Waals surface area (Å²) < 4.78 is 3.12. The monoisotopic (exact) mass is 226 g/mol. The number of benzene rings is 1. The molecule has 1 aromatic carbocycles. The van der Waals surface area contributed by atoms with Gasteiger partial charge in [-0.15, -0.1) is 0 Å². The van der Waals surface area contributed by atoms with Crippen LogP contribution < -0.4 is 4.73 Å². The zero-order valence-corrected chi connectivity index (χ0v) is 10.2. The minimum atomic E-state index is 0.718. The van der Waals surface area contributed by atoms with Crippen molar-refractivity contribution in [1.29, 1.82) is 0 Å². The van der Waals surface area contributed by atoms with Gasteiger partial charge in [0.1, 0.15) is 5.52 Å². The van der Waals surface area contributed by atoms with E-state index in [1.165, 1.54) is 10.9 Å². The molecule has 17 heavy (non-hydrogen) atoms. The third-order valence-corrected chi connectivity index (χ3v) is 3.45. The summed E-state index contributed by atoms with van der Waals surface area (Å²) in [5, 5.41) is 13.1. The van der Waals surface area contributed by atoms with Gasteiger partial charge in [0.2, 0.25) is 11.4 Å². The average molecular weight is 226 g/mol. The Balaban J connectivity index is 2.67. The van der Waals surface area contributed by atoms with Gasteiger partial charge in [-0.25, -0.2) is 0 Å². The van der Waals surface area contributed by atoms with Crippen molar-refractivity contribution in [2.45, 2.75) is 20.8 Å². The molecule has 0 amide bonds. The molecule has 3 heteroatoms. The molecule has 0 saturated carbocycles. The van der Waals surface area contributed by atoms with Gasteiger partial charge >= 0.3 is 0 Å². The van der Waals surface area contributed by atoms with E-state index >= 15 is 0 Å². The summed E-state index contributed by atoms with van der Waals surface area (Å²) in [6.45, 7) is 5.78. The quantitative estimate of drug-likeness (QED) is 0.428. The number of hydrogen-bond donors (Lipinski definition) is 0. The minimum absolute atomic E-state index is 0.718. The highest BCUT2D eigenvalue weighted by molar-refractivity contribution is 5.92. The Labute approximate surface area is 99.5 Å². The number of hydrogen-bond acceptors (Lipinski definition) is 1. The van der Waals surface area contributed by atoms with E-state index in [2.05, 4.69) is 23.5 Å². The fourth-order valence-electron chi connectivity index (χ4n) is 2.61. The van der Waals surface area contributed by atoms with Gasteiger partial charge in [0.15, 0.2) is 0 Å². The second-order valence-corrected chi connectivity index (χ2v) is 4.51. The van der Waals surface area contributed by atoms with E-state index in [9.17, 15) is 5.21 Å². The smallest absolute Gasteiger partial charge is 0.214 e. The molecule has 0 aliphatic rings. The molecule has 0 saturated heterocycles. The summed E-state index contributed by atoms with van der Waals surface area (Å²) in [4.78, 5) is 0. The van der Waals surface area contributed by atoms with Crippen molar-refractivity contribution < 1.29 is 4.73 Å². The van der Waals surface area contributed by atoms with E-state index in [1.54, 1.807) is 0 Å². The van der Waals surface area contributed by atoms with Crippen molar-refractivity contribution in [1.82, 2.24) is 4.40 Å². The molecule has 0 fully saturated rings. The molecule has 0 aliphatic carbocycles. The van der Waals surface area contributed by atoms with Crippen molar-refractivity contribution in [2.24, 2.45) is 0 Å². The Kier molecular flexibility index (Phi) is 1.93. The number of rotatable bonds is 0. The molecule has 0 unspecified atom stereocenters. The third-order valence-electron chi connectivity index (χ3n) is 3.45. The van der Waals surface area contributed by atoms with Crippen molar-refractivity contribution >= 4 is 16.4 Å². The predicted molar refractivity (Wildman–Crippen MR) is 68.1 cm³/mol. The van der Waals surface area contributed by atoms with Gasteiger partial charge in [0.25, 0.3) is 0 Å². The van der Waals surface area contributed by atoms with Gasteiger partial charge in [-0.05, 0) is 18.6 Å². The molecule has 0 N–H and O–H groups in total. The first kappa shape index (κ1) is 10.1. The van der Waals surface area contributed by atoms with E-state index in [-0.39, 0.29) is 0 Å². The van der Waals surface area contributed by atoms with Crippen LogP contribution in [0.25, 0.3) is 16.4 Å². The first-order valence-electron chi connectivity index (χ1n) is 5.70. The first-order chi connectivity index (χ1) is 8.11. The molecule has 86 valence electrons. The molecule has 3 aromatic rings. The lowest BCUT2D eigenvalue weighted by Crippen LogP contribution is -2.34. The average Bonchev–Trinajstić information content (AvgIpc) is 2.61. The topological polar surface area (TPSA) is 31.3 Å². The Morgan fingerprint density at radius 1 is 1.12 bits per heavy atom. The van der Waals surface area contributed by atoms with Crippen LogP contribution in [0, 0.1) is 26.0 Å². The summed E-state index contributed by atoms with van der Waals surface area (Å²) in [5.41, 5.74) is 4.83. The Hall–Kier alpha value is -2.03. The number of aryl methyl sites for hydroxylation is 3. The van der Waals surface area contributed by atoms with E-state index in [1.807, 2.05) is 32.2 Å². The Morgan fingerprint density at radius 3 is 2.59 bits per heavy atom. The SMILES string of the molecule is Cc1c2ccccc2n2cc(C)[n+]([O-])c(C)c12. The maximum Gasteiger partial charge on any atom is 0.214 e. The molecule has 2 aromatic heterocycles. The van der Waals surface area contributed by atoms with Crippen LogP contribution >= 0.6 is 0 Å². The lowest BCUT2D eigenvalue weighted by Gasteiger charge is -2.07. The molecule has 0 atom stereocenters. The summed E-state index contributed by atoms with van der Waals surface area (Å²) in [6.07, 6.45) is 1.91. The van der Waals surface area contributed by atoms with Gasteiger partial charge < -0.3 is 9.61 Å². The van der Waals surface area contributed by atoms with Crippen LogP contribution in [0.4, 0.5) is 0 Å². The van der Waals surface area contributed by atoms with Crippen LogP contribution in [0.5, 0.6) is 0 Å². The fraction of sp³-hybridized carbons (Fsp3) is 0.214. The summed E-state index contributed by atoms with van der Waals surface area (Å²) in [5.74, 6) is 0. The Morgan fingerprint density at radius 2 is 1.82 bits per heavy atom. The lowest BCUT2D eigenvalue weighted by molar-refractivity contribution is -0.618. The zero-order chi connectivity index (χ0) is 12.2.